The number of nitrogens with zero attached hydrogens (tertiary/aromatic N) is 1. The summed E-state index contributed by atoms with van der Waals surface area (Å²) in [5, 5.41) is 2.80. The van der Waals surface area contributed by atoms with E-state index in [1.165, 1.54) is 0 Å². The predicted octanol–water partition coefficient (Wildman–Crippen LogP) is 4.25. The first-order valence-electron chi connectivity index (χ1n) is 6.35. The summed E-state index contributed by atoms with van der Waals surface area (Å²) >= 11 is 3.46. The van der Waals surface area contributed by atoms with Crippen LogP contribution in [0, 0.1) is 0 Å². The molecule has 4 heteroatoms. The van der Waals surface area contributed by atoms with Crippen molar-refractivity contribution in [3.8, 4) is 0 Å². The Labute approximate surface area is 123 Å². The van der Waals surface area contributed by atoms with Gasteiger partial charge in [0.1, 0.15) is 0 Å². The van der Waals surface area contributed by atoms with Gasteiger partial charge in [-0.1, -0.05) is 34.1 Å². The summed E-state index contributed by atoms with van der Waals surface area (Å²) in [6.45, 7) is 8.72. The molecule has 3 nitrogen and oxygen atoms in total. The molecular formula is C15H21BrN2O. The number of hydrogen-bond acceptors (Lipinski definition) is 1. The van der Waals surface area contributed by atoms with E-state index in [2.05, 4.69) is 21.2 Å². The molecule has 1 rings (SSSR count). The number of rotatable bonds is 3. The molecule has 19 heavy (non-hydrogen) atoms. The zero-order valence-electron chi connectivity index (χ0n) is 11.9. The predicted molar refractivity (Wildman–Crippen MR) is 83.8 cm³/mol. The number of nitrogens with one attached hydrogen (secondary N) is 1. The van der Waals surface area contributed by atoms with Gasteiger partial charge in [-0.3, -0.25) is 0 Å². The molecule has 0 aliphatic heterocycles. The maximum atomic E-state index is 12.0. The van der Waals surface area contributed by atoms with Crippen LogP contribution >= 0.6 is 15.9 Å². The molecule has 0 aliphatic carbocycles. The molecule has 1 aromatic rings. The molecule has 2 amide bonds. The van der Waals surface area contributed by atoms with Gasteiger partial charge in [0.2, 0.25) is 0 Å². The Morgan fingerprint density at radius 3 is 2.53 bits per heavy atom. The van der Waals surface area contributed by atoms with Gasteiger partial charge in [0.15, 0.2) is 0 Å². The van der Waals surface area contributed by atoms with Crippen LogP contribution < -0.4 is 5.32 Å². The molecule has 0 unspecified atom stereocenters. The summed E-state index contributed by atoms with van der Waals surface area (Å²) in [6, 6.07) is 7.78. The monoisotopic (exact) mass is 324 g/mol. The smallest absolute Gasteiger partial charge is 0.320 e. The van der Waals surface area contributed by atoms with Gasteiger partial charge < -0.3 is 10.2 Å². The summed E-state index contributed by atoms with van der Waals surface area (Å²) in [5.41, 5.74) is 0.849. The fraction of sp³-hybridized carbons (Fsp3) is 0.400. The summed E-state index contributed by atoms with van der Waals surface area (Å²) in [5.74, 6) is 0. The van der Waals surface area contributed by atoms with Gasteiger partial charge in [0.05, 0.1) is 0 Å². The van der Waals surface area contributed by atoms with E-state index >= 15 is 0 Å². The first-order chi connectivity index (χ1) is 8.86. The van der Waals surface area contributed by atoms with Crippen molar-refractivity contribution in [3.63, 3.8) is 0 Å². The van der Waals surface area contributed by atoms with Gasteiger partial charge in [-0.2, -0.15) is 0 Å². The number of benzene rings is 1. The topological polar surface area (TPSA) is 32.3 Å². The average molecular weight is 325 g/mol. The van der Waals surface area contributed by atoms with E-state index in [1.807, 2.05) is 58.0 Å². The van der Waals surface area contributed by atoms with E-state index < -0.39 is 0 Å². The lowest BCUT2D eigenvalue weighted by Gasteiger charge is -2.34. The molecule has 0 atom stereocenters. The van der Waals surface area contributed by atoms with Gasteiger partial charge in [-0.05, 0) is 45.4 Å². The Kier molecular flexibility index (Phi) is 5.60. The van der Waals surface area contributed by atoms with Crippen LogP contribution in [0.25, 0.3) is 6.08 Å². The lowest BCUT2D eigenvalue weighted by molar-refractivity contribution is 0.153. The number of urea groups is 1. The van der Waals surface area contributed by atoms with Crippen LogP contribution in [-0.2, 0) is 0 Å². The highest BCUT2D eigenvalue weighted by Gasteiger charge is 2.23. The van der Waals surface area contributed by atoms with Crippen LogP contribution in [0.5, 0.6) is 0 Å². The van der Waals surface area contributed by atoms with Crippen molar-refractivity contribution in [1.29, 1.82) is 0 Å². The average Bonchev–Trinajstić information content (AvgIpc) is 2.30. The minimum absolute atomic E-state index is 0.0849. The van der Waals surface area contributed by atoms with Crippen LogP contribution in [-0.4, -0.2) is 23.0 Å². The third kappa shape index (κ3) is 4.71. The van der Waals surface area contributed by atoms with Crippen LogP contribution in [0.15, 0.2) is 34.9 Å². The second-order valence-corrected chi connectivity index (χ2v) is 6.07. The summed E-state index contributed by atoms with van der Waals surface area (Å²) in [6.07, 6.45) is 3.55. The fourth-order valence-electron chi connectivity index (χ4n) is 1.81. The first-order valence-corrected chi connectivity index (χ1v) is 7.14. The van der Waals surface area contributed by atoms with Crippen molar-refractivity contribution in [1.82, 2.24) is 10.2 Å². The van der Waals surface area contributed by atoms with E-state index in [1.54, 1.807) is 11.1 Å². The van der Waals surface area contributed by atoms with E-state index in [0.29, 0.717) is 6.54 Å². The maximum Gasteiger partial charge on any atom is 0.321 e. The second kappa shape index (κ2) is 6.75. The van der Waals surface area contributed by atoms with E-state index in [-0.39, 0.29) is 11.6 Å². The lowest BCUT2D eigenvalue weighted by atomic mass is 10.1. The van der Waals surface area contributed by atoms with E-state index in [0.717, 1.165) is 10.0 Å². The third-order valence-electron chi connectivity index (χ3n) is 2.75. The maximum absolute atomic E-state index is 12.0. The van der Waals surface area contributed by atoms with E-state index in [4.69, 9.17) is 0 Å². The molecule has 0 aliphatic rings. The molecule has 1 aromatic carbocycles. The van der Waals surface area contributed by atoms with Crippen molar-refractivity contribution >= 4 is 28.0 Å². The number of carbonyl (C=O) groups is 1. The van der Waals surface area contributed by atoms with Crippen LogP contribution in [0.4, 0.5) is 4.79 Å². The van der Waals surface area contributed by atoms with Crippen LogP contribution in [0.2, 0.25) is 0 Å². The molecule has 0 aromatic heterocycles. The summed E-state index contributed by atoms with van der Waals surface area (Å²) in [7, 11) is 0. The van der Waals surface area contributed by atoms with Crippen molar-refractivity contribution in [2.24, 2.45) is 0 Å². The van der Waals surface area contributed by atoms with Crippen molar-refractivity contribution in [2.45, 2.75) is 33.2 Å². The van der Waals surface area contributed by atoms with Gasteiger partial charge in [-0.15, -0.1) is 0 Å². The first kappa shape index (κ1) is 15.8. The van der Waals surface area contributed by atoms with Gasteiger partial charge in [0.25, 0.3) is 0 Å². The van der Waals surface area contributed by atoms with Crippen molar-refractivity contribution in [3.05, 3.63) is 40.5 Å². The Hall–Kier alpha value is -1.29. The van der Waals surface area contributed by atoms with Crippen LogP contribution in [0.1, 0.15) is 33.3 Å². The highest BCUT2D eigenvalue weighted by Crippen LogP contribution is 2.17. The number of halogens is 1. The normalized spacial score (nSPS) is 11.6. The quantitative estimate of drug-likeness (QED) is 0.885. The van der Waals surface area contributed by atoms with Crippen molar-refractivity contribution in [2.75, 3.05) is 6.54 Å². The number of hydrogen-bond donors (Lipinski definition) is 1. The molecule has 104 valence electrons. The minimum atomic E-state index is -0.181. The Morgan fingerprint density at radius 2 is 2.00 bits per heavy atom. The SMILES string of the molecule is CCN(C(=O)N/C=C/c1ccccc1Br)C(C)(C)C. The van der Waals surface area contributed by atoms with Crippen LogP contribution in [0.3, 0.4) is 0 Å². The molecule has 0 bridgehead atoms. The molecule has 0 saturated carbocycles. The number of carbonyl (C=O) groups excluding carboxylic acids is 1. The summed E-state index contributed by atoms with van der Waals surface area (Å²) in [4.78, 5) is 13.8. The largest absolute Gasteiger partial charge is 0.321 e. The molecule has 0 radical (unpaired) electrons. The van der Waals surface area contributed by atoms with Gasteiger partial charge in [0, 0.05) is 22.8 Å². The van der Waals surface area contributed by atoms with Crippen molar-refractivity contribution < 1.29 is 4.79 Å². The molecular weight excluding hydrogens is 304 g/mol. The number of amides is 2. The summed E-state index contributed by atoms with van der Waals surface area (Å²) < 4.78 is 1.00. The zero-order valence-corrected chi connectivity index (χ0v) is 13.5. The molecule has 0 saturated heterocycles. The second-order valence-electron chi connectivity index (χ2n) is 5.22. The highest BCUT2D eigenvalue weighted by molar-refractivity contribution is 9.10. The fourth-order valence-corrected chi connectivity index (χ4v) is 2.23. The lowest BCUT2D eigenvalue weighted by Crippen LogP contribution is -2.49. The zero-order chi connectivity index (χ0) is 14.5. The highest BCUT2D eigenvalue weighted by atomic mass is 79.9. The van der Waals surface area contributed by atoms with E-state index in [9.17, 15) is 4.79 Å². The molecule has 0 heterocycles. The Bertz CT molecular complexity index is 463. The van der Waals surface area contributed by atoms with Gasteiger partial charge >= 0.3 is 6.03 Å². The Morgan fingerprint density at radius 1 is 1.37 bits per heavy atom. The molecule has 0 spiro atoms. The molecule has 1 N–H and O–H groups in total. The third-order valence-corrected chi connectivity index (χ3v) is 3.47. The molecule has 0 fully saturated rings. The standard InChI is InChI=1S/C15H21BrN2O/c1-5-18(15(2,3)4)14(19)17-11-10-12-8-6-7-9-13(12)16/h6-11H,5H2,1-4H3,(H,17,19)/b11-10+. The minimum Gasteiger partial charge on any atom is -0.320 e. The Balaban J connectivity index is 2.67. The van der Waals surface area contributed by atoms with Gasteiger partial charge in [-0.25, -0.2) is 4.79 Å².